The van der Waals surface area contributed by atoms with Gasteiger partial charge < -0.3 is 11.1 Å². The average Bonchev–Trinajstić information content (AvgIpc) is 2.20. The maximum atomic E-state index is 12.1. The van der Waals surface area contributed by atoms with Gasteiger partial charge in [-0.2, -0.15) is 0 Å². The molecule has 0 aliphatic rings. The molecule has 1 rings (SSSR count). The van der Waals surface area contributed by atoms with Crippen LogP contribution in [0, 0.1) is 13.8 Å². The molecule has 94 valence electrons. The summed E-state index contributed by atoms with van der Waals surface area (Å²) in [7, 11) is 0. The molecule has 0 saturated carbocycles. The second-order valence-electron chi connectivity index (χ2n) is 4.91. The highest BCUT2D eigenvalue weighted by Crippen LogP contribution is 2.11. The van der Waals surface area contributed by atoms with E-state index >= 15 is 0 Å². The number of aryl methyl sites for hydroxylation is 2. The van der Waals surface area contributed by atoms with Gasteiger partial charge in [0.2, 0.25) is 0 Å². The molecule has 0 radical (unpaired) electrons. The van der Waals surface area contributed by atoms with E-state index in [4.69, 9.17) is 5.73 Å². The van der Waals surface area contributed by atoms with E-state index < -0.39 is 0 Å². The van der Waals surface area contributed by atoms with E-state index in [1.807, 2.05) is 45.9 Å². The number of hydrogen-bond donors (Lipinski definition) is 2. The molecule has 0 saturated heterocycles. The summed E-state index contributed by atoms with van der Waals surface area (Å²) in [6.45, 7) is 7.86. The number of nitrogens with one attached hydrogen (secondary N) is 1. The third kappa shape index (κ3) is 4.19. The van der Waals surface area contributed by atoms with Crippen LogP contribution in [0.2, 0.25) is 0 Å². The molecule has 3 N–H and O–H groups in total. The number of amides is 1. The van der Waals surface area contributed by atoms with E-state index in [2.05, 4.69) is 5.32 Å². The maximum absolute atomic E-state index is 12.1. The van der Waals surface area contributed by atoms with E-state index in [1.54, 1.807) is 0 Å². The summed E-state index contributed by atoms with van der Waals surface area (Å²) in [5.41, 5.74) is 8.56. The lowest BCUT2D eigenvalue weighted by Gasteiger charge is -2.17. The number of benzene rings is 1. The monoisotopic (exact) mass is 234 g/mol. The van der Waals surface area contributed by atoms with Gasteiger partial charge in [-0.25, -0.2) is 0 Å². The molecular formula is C14H22N2O. The highest BCUT2D eigenvalue weighted by molar-refractivity contribution is 5.95. The van der Waals surface area contributed by atoms with Crippen molar-refractivity contribution in [3.8, 4) is 0 Å². The Kier molecular flexibility index (Phi) is 4.70. The summed E-state index contributed by atoms with van der Waals surface area (Å²) < 4.78 is 0. The minimum atomic E-state index is -0.0145. The predicted octanol–water partition coefficient (Wildman–Crippen LogP) is 2.16. The fourth-order valence-electron chi connectivity index (χ4n) is 1.90. The lowest BCUT2D eigenvalue weighted by molar-refractivity contribution is 0.0937. The highest BCUT2D eigenvalue weighted by atomic mass is 16.1. The third-order valence-corrected chi connectivity index (χ3v) is 2.74. The van der Waals surface area contributed by atoms with E-state index in [0.29, 0.717) is 0 Å². The molecule has 1 aromatic rings. The molecular weight excluding hydrogens is 212 g/mol. The van der Waals surface area contributed by atoms with E-state index in [0.717, 1.165) is 23.1 Å². The third-order valence-electron chi connectivity index (χ3n) is 2.74. The van der Waals surface area contributed by atoms with Crippen LogP contribution in [0.4, 0.5) is 0 Å². The first kappa shape index (κ1) is 13.7. The van der Waals surface area contributed by atoms with Crippen molar-refractivity contribution in [3.05, 3.63) is 34.9 Å². The molecule has 0 bridgehead atoms. The largest absolute Gasteiger partial charge is 0.350 e. The van der Waals surface area contributed by atoms with Crippen molar-refractivity contribution >= 4 is 5.91 Å². The standard InChI is InChI=1S/C14H22N2O/c1-9-5-6-10(2)13(7-9)14(17)16-12(4)8-11(3)15/h5-7,11-12H,8,15H2,1-4H3,(H,16,17). The molecule has 1 aromatic carbocycles. The predicted molar refractivity (Wildman–Crippen MR) is 71.1 cm³/mol. The Morgan fingerprint density at radius 3 is 2.59 bits per heavy atom. The Hall–Kier alpha value is -1.35. The smallest absolute Gasteiger partial charge is 0.251 e. The molecule has 0 aliphatic heterocycles. The zero-order chi connectivity index (χ0) is 13.0. The first-order valence-corrected chi connectivity index (χ1v) is 6.04. The number of rotatable bonds is 4. The van der Waals surface area contributed by atoms with Crippen molar-refractivity contribution in [1.82, 2.24) is 5.32 Å². The molecule has 0 spiro atoms. The molecule has 2 atom stereocenters. The van der Waals surface area contributed by atoms with Crippen LogP contribution in [-0.2, 0) is 0 Å². The number of hydrogen-bond acceptors (Lipinski definition) is 2. The number of nitrogens with two attached hydrogens (primary N) is 1. The summed E-state index contributed by atoms with van der Waals surface area (Å²) >= 11 is 0. The van der Waals surface area contributed by atoms with E-state index in [1.165, 1.54) is 0 Å². The second-order valence-corrected chi connectivity index (χ2v) is 4.91. The zero-order valence-electron chi connectivity index (χ0n) is 11.1. The molecule has 17 heavy (non-hydrogen) atoms. The van der Waals surface area contributed by atoms with Crippen molar-refractivity contribution in [2.45, 2.75) is 46.2 Å². The van der Waals surface area contributed by atoms with E-state index in [-0.39, 0.29) is 18.0 Å². The zero-order valence-corrected chi connectivity index (χ0v) is 11.1. The van der Waals surface area contributed by atoms with Crippen LogP contribution >= 0.6 is 0 Å². The Bertz CT molecular complexity index is 399. The molecule has 0 fully saturated rings. The molecule has 0 heterocycles. The lowest BCUT2D eigenvalue weighted by Crippen LogP contribution is -2.36. The summed E-state index contributed by atoms with van der Waals surface area (Å²) in [6, 6.07) is 6.10. The fraction of sp³-hybridized carbons (Fsp3) is 0.500. The maximum Gasteiger partial charge on any atom is 0.251 e. The summed E-state index contributed by atoms with van der Waals surface area (Å²) in [5, 5.41) is 2.98. The van der Waals surface area contributed by atoms with Gasteiger partial charge >= 0.3 is 0 Å². The van der Waals surface area contributed by atoms with Crippen molar-refractivity contribution in [2.24, 2.45) is 5.73 Å². The van der Waals surface area contributed by atoms with Crippen LogP contribution in [0.1, 0.15) is 41.8 Å². The minimum Gasteiger partial charge on any atom is -0.350 e. The van der Waals surface area contributed by atoms with Gasteiger partial charge in [0.1, 0.15) is 0 Å². The number of carbonyl (C=O) groups is 1. The van der Waals surface area contributed by atoms with Crippen molar-refractivity contribution < 1.29 is 4.79 Å². The first-order chi connectivity index (χ1) is 7.90. The fourth-order valence-corrected chi connectivity index (χ4v) is 1.90. The van der Waals surface area contributed by atoms with E-state index in [9.17, 15) is 4.79 Å². The Labute approximate surface area is 103 Å². The summed E-state index contributed by atoms with van der Waals surface area (Å²) in [5.74, 6) is -0.0145. The molecule has 2 unspecified atom stereocenters. The molecule has 0 aliphatic carbocycles. The van der Waals surface area contributed by atoms with Gasteiger partial charge in [-0.3, -0.25) is 4.79 Å². The Morgan fingerprint density at radius 2 is 2.00 bits per heavy atom. The van der Waals surface area contributed by atoms with Crippen molar-refractivity contribution in [3.63, 3.8) is 0 Å². The molecule has 3 heteroatoms. The van der Waals surface area contributed by atoms with Gasteiger partial charge in [0, 0.05) is 17.6 Å². The summed E-state index contributed by atoms with van der Waals surface area (Å²) in [6.07, 6.45) is 0.788. The van der Waals surface area contributed by atoms with Crippen LogP contribution < -0.4 is 11.1 Å². The SMILES string of the molecule is Cc1ccc(C)c(C(=O)NC(C)CC(C)N)c1. The van der Waals surface area contributed by atoms with Gasteiger partial charge in [-0.1, -0.05) is 17.7 Å². The first-order valence-electron chi connectivity index (χ1n) is 6.04. The quantitative estimate of drug-likeness (QED) is 0.838. The second kappa shape index (κ2) is 5.82. The van der Waals surface area contributed by atoms with Crippen LogP contribution in [0.15, 0.2) is 18.2 Å². The summed E-state index contributed by atoms with van der Waals surface area (Å²) in [4.78, 5) is 12.1. The van der Waals surface area contributed by atoms with Crippen molar-refractivity contribution in [1.29, 1.82) is 0 Å². The molecule has 1 amide bonds. The van der Waals surface area contributed by atoms with Gasteiger partial charge in [0.05, 0.1) is 0 Å². The van der Waals surface area contributed by atoms with Gasteiger partial charge in [-0.05, 0) is 45.7 Å². The van der Waals surface area contributed by atoms with Crippen LogP contribution in [0.3, 0.4) is 0 Å². The average molecular weight is 234 g/mol. The highest BCUT2D eigenvalue weighted by Gasteiger charge is 2.13. The van der Waals surface area contributed by atoms with Gasteiger partial charge in [0.25, 0.3) is 5.91 Å². The van der Waals surface area contributed by atoms with Gasteiger partial charge in [0.15, 0.2) is 0 Å². The minimum absolute atomic E-state index is 0.0145. The van der Waals surface area contributed by atoms with Gasteiger partial charge in [-0.15, -0.1) is 0 Å². The lowest BCUT2D eigenvalue weighted by atomic mass is 10.0. The molecule has 0 aromatic heterocycles. The van der Waals surface area contributed by atoms with Crippen molar-refractivity contribution in [2.75, 3.05) is 0 Å². The van der Waals surface area contributed by atoms with Crippen LogP contribution in [0.25, 0.3) is 0 Å². The molecule has 3 nitrogen and oxygen atoms in total. The number of carbonyl (C=O) groups excluding carboxylic acids is 1. The normalized spacial score (nSPS) is 14.2. The van der Waals surface area contributed by atoms with Crippen LogP contribution in [0.5, 0.6) is 0 Å². The Morgan fingerprint density at radius 1 is 1.35 bits per heavy atom. The topological polar surface area (TPSA) is 55.1 Å². The Balaban J connectivity index is 2.73. The van der Waals surface area contributed by atoms with Crippen LogP contribution in [-0.4, -0.2) is 18.0 Å².